The highest BCUT2D eigenvalue weighted by atomic mass is 79.9. The van der Waals surface area contributed by atoms with Crippen LogP contribution in [0.3, 0.4) is 0 Å². The Hall–Kier alpha value is -0.870. The molecule has 0 amide bonds. The number of hydrogen-bond donors (Lipinski definition) is 1. The van der Waals surface area contributed by atoms with Crippen molar-refractivity contribution < 1.29 is 13.9 Å². The van der Waals surface area contributed by atoms with Gasteiger partial charge in [0.05, 0.1) is 9.86 Å². The first-order valence-corrected chi connectivity index (χ1v) is 5.85. The normalized spacial score (nSPS) is 13.6. The molecule has 0 aliphatic carbocycles. The fourth-order valence-electron chi connectivity index (χ4n) is 1.55. The molecule has 0 saturated carbocycles. The molecule has 0 aliphatic rings. The van der Waals surface area contributed by atoms with Crippen molar-refractivity contribution in [2.45, 2.75) is 20.0 Å². The average Bonchev–Trinajstić information content (AvgIpc) is 2.68. The summed E-state index contributed by atoms with van der Waals surface area (Å²) >= 11 is 3.29. The van der Waals surface area contributed by atoms with Crippen molar-refractivity contribution >= 4 is 26.9 Å². The molecule has 16 heavy (non-hydrogen) atoms. The fourth-order valence-corrected chi connectivity index (χ4v) is 1.98. The molecule has 0 radical (unpaired) electrons. The van der Waals surface area contributed by atoms with Crippen LogP contribution in [0.1, 0.15) is 25.7 Å². The smallest absolute Gasteiger partial charge is 0.151 e. The molecule has 1 heterocycles. The van der Waals surface area contributed by atoms with Crippen LogP contribution in [-0.4, -0.2) is 5.11 Å². The Balaban J connectivity index is 2.60. The van der Waals surface area contributed by atoms with Gasteiger partial charge in [0.2, 0.25) is 0 Å². The minimum atomic E-state index is -0.710. The van der Waals surface area contributed by atoms with Crippen molar-refractivity contribution in [1.82, 2.24) is 0 Å². The van der Waals surface area contributed by atoms with Gasteiger partial charge in [0.1, 0.15) is 17.7 Å². The van der Waals surface area contributed by atoms with E-state index < -0.39 is 6.10 Å². The topological polar surface area (TPSA) is 33.4 Å². The van der Waals surface area contributed by atoms with Gasteiger partial charge in [-0.05, 0) is 40.0 Å². The molecule has 4 heteroatoms. The zero-order chi connectivity index (χ0) is 11.9. The number of aliphatic hydroxyl groups excluding tert-OH is 1. The molecule has 1 N–H and O–H groups in total. The van der Waals surface area contributed by atoms with Crippen LogP contribution in [0, 0.1) is 11.7 Å². The number of halogens is 2. The predicted molar refractivity (Wildman–Crippen MR) is 63.7 cm³/mol. The van der Waals surface area contributed by atoms with Crippen LogP contribution in [-0.2, 0) is 0 Å². The van der Waals surface area contributed by atoms with E-state index in [4.69, 9.17) is 4.42 Å². The van der Waals surface area contributed by atoms with E-state index in [-0.39, 0.29) is 11.7 Å². The van der Waals surface area contributed by atoms with Crippen LogP contribution in [0.4, 0.5) is 4.39 Å². The fraction of sp³-hybridized carbons (Fsp3) is 0.333. The molecule has 2 nitrogen and oxygen atoms in total. The molecule has 0 fully saturated rings. The first kappa shape index (κ1) is 11.6. The number of aliphatic hydroxyl groups is 1. The van der Waals surface area contributed by atoms with Gasteiger partial charge in [-0.15, -0.1) is 0 Å². The van der Waals surface area contributed by atoms with Gasteiger partial charge in [-0.25, -0.2) is 4.39 Å². The van der Waals surface area contributed by atoms with Crippen LogP contribution < -0.4 is 0 Å². The summed E-state index contributed by atoms with van der Waals surface area (Å²) in [7, 11) is 0. The largest absolute Gasteiger partial charge is 0.457 e. The molecule has 1 aromatic carbocycles. The van der Waals surface area contributed by atoms with Gasteiger partial charge in [0.15, 0.2) is 5.58 Å². The van der Waals surface area contributed by atoms with E-state index >= 15 is 0 Å². The molecule has 0 bridgehead atoms. The van der Waals surface area contributed by atoms with Crippen molar-refractivity contribution in [3.63, 3.8) is 0 Å². The van der Waals surface area contributed by atoms with Gasteiger partial charge < -0.3 is 9.52 Å². The molecule has 1 unspecified atom stereocenters. The molecule has 0 aliphatic heterocycles. The second kappa shape index (κ2) is 4.18. The third-order valence-electron chi connectivity index (χ3n) is 2.52. The first-order valence-electron chi connectivity index (χ1n) is 5.06. The van der Waals surface area contributed by atoms with Gasteiger partial charge in [0.25, 0.3) is 0 Å². The average molecular weight is 287 g/mol. The maximum Gasteiger partial charge on any atom is 0.151 e. The molecule has 86 valence electrons. The van der Waals surface area contributed by atoms with E-state index in [1.807, 2.05) is 13.8 Å². The Morgan fingerprint density at radius 2 is 2.06 bits per heavy atom. The molecule has 1 atom stereocenters. The first-order chi connectivity index (χ1) is 7.50. The van der Waals surface area contributed by atoms with E-state index in [0.29, 0.717) is 21.2 Å². The maximum atomic E-state index is 13.5. The van der Waals surface area contributed by atoms with Crippen molar-refractivity contribution in [3.8, 4) is 0 Å². The van der Waals surface area contributed by atoms with E-state index in [9.17, 15) is 9.50 Å². The summed E-state index contributed by atoms with van der Waals surface area (Å²) in [6.07, 6.45) is -0.710. The lowest BCUT2D eigenvalue weighted by molar-refractivity contribution is 0.104. The lowest BCUT2D eigenvalue weighted by atomic mass is 10.1. The van der Waals surface area contributed by atoms with E-state index in [1.165, 1.54) is 6.07 Å². The van der Waals surface area contributed by atoms with Crippen LogP contribution >= 0.6 is 15.9 Å². The van der Waals surface area contributed by atoms with Crippen LogP contribution in [0.2, 0.25) is 0 Å². The van der Waals surface area contributed by atoms with Gasteiger partial charge in [0, 0.05) is 0 Å². The number of furan rings is 1. The SMILES string of the molecule is CC(C)C(O)c1cc2c(F)ccc(Br)c2o1. The monoisotopic (exact) mass is 286 g/mol. The van der Waals surface area contributed by atoms with E-state index in [2.05, 4.69) is 15.9 Å². The summed E-state index contributed by atoms with van der Waals surface area (Å²) in [5.41, 5.74) is 0.440. The number of fused-ring (bicyclic) bond motifs is 1. The summed E-state index contributed by atoms with van der Waals surface area (Å²) < 4.78 is 19.6. The summed E-state index contributed by atoms with van der Waals surface area (Å²) in [6, 6.07) is 4.51. The van der Waals surface area contributed by atoms with Crippen molar-refractivity contribution in [2.75, 3.05) is 0 Å². The lowest BCUT2D eigenvalue weighted by Gasteiger charge is -2.10. The highest BCUT2D eigenvalue weighted by Gasteiger charge is 2.19. The molecule has 0 spiro atoms. The third-order valence-corrected chi connectivity index (χ3v) is 3.15. The van der Waals surface area contributed by atoms with Crippen LogP contribution in [0.5, 0.6) is 0 Å². The standard InChI is InChI=1S/C12H12BrFO2/c1-6(2)11(15)10-5-7-9(14)4-3-8(13)12(7)16-10/h3-6,11,15H,1-2H3. The van der Waals surface area contributed by atoms with Gasteiger partial charge in [-0.3, -0.25) is 0 Å². The molecule has 0 saturated heterocycles. The van der Waals surface area contributed by atoms with Crippen molar-refractivity contribution in [1.29, 1.82) is 0 Å². The number of hydrogen-bond acceptors (Lipinski definition) is 2. The van der Waals surface area contributed by atoms with Gasteiger partial charge in [-0.2, -0.15) is 0 Å². The molecule has 2 aromatic rings. The predicted octanol–water partition coefficient (Wildman–Crippen LogP) is 4.02. The Morgan fingerprint density at radius 1 is 1.38 bits per heavy atom. The van der Waals surface area contributed by atoms with Crippen LogP contribution in [0.15, 0.2) is 27.1 Å². The minimum Gasteiger partial charge on any atom is -0.457 e. The summed E-state index contributed by atoms with van der Waals surface area (Å²) in [4.78, 5) is 0. The highest BCUT2D eigenvalue weighted by molar-refractivity contribution is 9.10. The lowest BCUT2D eigenvalue weighted by Crippen LogP contribution is -2.03. The Kier molecular flexibility index (Phi) is 3.04. The quantitative estimate of drug-likeness (QED) is 0.904. The number of rotatable bonds is 2. The molecule has 1 aromatic heterocycles. The second-order valence-electron chi connectivity index (χ2n) is 4.11. The summed E-state index contributed by atoms with van der Waals surface area (Å²) in [6.45, 7) is 3.76. The zero-order valence-corrected chi connectivity index (χ0v) is 10.6. The van der Waals surface area contributed by atoms with Gasteiger partial charge in [-0.1, -0.05) is 13.8 Å². The second-order valence-corrected chi connectivity index (χ2v) is 4.96. The van der Waals surface area contributed by atoms with Crippen molar-refractivity contribution in [2.24, 2.45) is 5.92 Å². The highest BCUT2D eigenvalue weighted by Crippen LogP contribution is 2.33. The molecular weight excluding hydrogens is 275 g/mol. The van der Waals surface area contributed by atoms with Crippen molar-refractivity contribution in [3.05, 3.63) is 34.2 Å². The Bertz CT molecular complexity index is 480. The minimum absolute atomic E-state index is 0.0300. The molecule has 2 rings (SSSR count). The summed E-state index contributed by atoms with van der Waals surface area (Å²) in [5, 5.41) is 10.2. The maximum absolute atomic E-state index is 13.5. The van der Waals surface area contributed by atoms with E-state index in [0.717, 1.165) is 0 Å². The molecular formula is C12H12BrFO2. The van der Waals surface area contributed by atoms with Gasteiger partial charge >= 0.3 is 0 Å². The Labute approximate surface area is 101 Å². The Morgan fingerprint density at radius 3 is 2.62 bits per heavy atom. The third kappa shape index (κ3) is 1.87. The van der Waals surface area contributed by atoms with Crippen LogP contribution in [0.25, 0.3) is 11.0 Å². The zero-order valence-electron chi connectivity index (χ0n) is 9.00. The summed E-state index contributed by atoms with van der Waals surface area (Å²) in [5.74, 6) is 0.0855. The number of benzene rings is 1. The van der Waals surface area contributed by atoms with E-state index in [1.54, 1.807) is 12.1 Å².